The minimum atomic E-state index is 0.457. The van der Waals surface area contributed by atoms with Gasteiger partial charge in [0.2, 0.25) is 5.88 Å². The van der Waals surface area contributed by atoms with Crippen molar-refractivity contribution in [1.82, 2.24) is 9.97 Å². The summed E-state index contributed by atoms with van der Waals surface area (Å²) in [6, 6.07) is 3.82. The third-order valence-corrected chi connectivity index (χ3v) is 3.58. The van der Waals surface area contributed by atoms with Crippen LogP contribution in [0, 0.1) is 6.92 Å². The fourth-order valence-corrected chi connectivity index (χ4v) is 2.42. The quantitative estimate of drug-likeness (QED) is 0.604. The molecular formula is C15H21N5O3. The first-order chi connectivity index (χ1) is 11.2. The van der Waals surface area contributed by atoms with Crippen molar-refractivity contribution in [2.75, 3.05) is 43.2 Å². The van der Waals surface area contributed by atoms with Crippen molar-refractivity contribution in [1.29, 1.82) is 0 Å². The number of nitrogens with two attached hydrogens (primary N) is 1. The Labute approximate surface area is 134 Å². The number of hydrogen-bond acceptors (Lipinski definition) is 8. The first-order valence-electron chi connectivity index (χ1n) is 7.60. The number of hydrazine groups is 1. The van der Waals surface area contributed by atoms with Crippen LogP contribution in [0.3, 0.4) is 0 Å². The zero-order chi connectivity index (χ0) is 16.1. The van der Waals surface area contributed by atoms with Crippen LogP contribution >= 0.6 is 0 Å². The third-order valence-electron chi connectivity index (χ3n) is 3.58. The molecule has 1 aliphatic heterocycles. The fourth-order valence-electron chi connectivity index (χ4n) is 2.42. The molecule has 3 heterocycles. The van der Waals surface area contributed by atoms with Crippen molar-refractivity contribution in [2.24, 2.45) is 5.84 Å². The van der Waals surface area contributed by atoms with E-state index in [4.69, 9.17) is 19.7 Å². The van der Waals surface area contributed by atoms with E-state index in [1.165, 1.54) is 0 Å². The maximum atomic E-state index is 5.74. The number of pyridine rings is 1. The summed E-state index contributed by atoms with van der Waals surface area (Å²) in [5, 5.41) is 0. The molecule has 2 aromatic heterocycles. The van der Waals surface area contributed by atoms with Gasteiger partial charge < -0.3 is 24.2 Å². The monoisotopic (exact) mass is 319 g/mol. The molecule has 0 amide bonds. The van der Waals surface area contributed by atoms with Gasteiger partial charge in [-0.3, -0.25) is 0 Å². The number of ether oxygens (including phenoxy) is 2. The number of aryl methyl sites for hydroxylation is 1. The van der Waals surface area contributed by atoms with Crippen LogP contribution in [-0.4, -0.2) is 42.9 Å². The van der Waals surface area contributed by atoms with E-state index >= 15 is 0 Å². The van der Waals surface area contributed by atoms with Crippen LogP contribution in [0.2, 0.25) is 0 Å². The fraction of sp³-hybridized carbons (Fsp3) is 0.467. The van der Waals surface area contributed by atoms with Crippen LogP contribution in [0.1, 0.15) is 11.7 Å². The normalized spacial score (nSPS) is 14.8. The summed E-state index contributed by atoms with van der Waals surface area (Å²) < 4.78 is 16.5. The van der Waals surface area contributed by atoms with Crippen LogP contribution in [0.25, 0.3) is 0 Å². The molecule has 1 saturated heterocycles. The van der Waals surface area contributed by atoms with Gasteiger partial charge in [-0.2, -0.15) is 4.98 Å². The number of rotatable bonds is 6. The standard InChI is InChI=1S/C15H21N5O3/c1-11-17-10-13(23-11)2-5-22-15-9-12(8-14(18-15)19-16)20-3-6-21-7-4-20/h8-10H,2-7,16H2,1H3,(H,18,19). The Morgan fingerprint density at radius 1 is 1.35 bits per heavy atom. The molecular weight excluding hydrogens is 298 g/mol. The topological polar surface area (TPSA) is 98.7 Å². The Morgan fingerprint density at radius 3 is 2.87 bits per heavy atom. The first kappa shape index (κ1) is 15.6. The van der Waals surface area contributed by atoms with Crippen LogP contribution in [0.5, 0.6) is 5.88 Å². The second-order valence-electron chi connectivity index (χ2n) is 5.24. The number of oxazole rings is 1. The largest absolute Gasteiger partial charge is 0.477 e. The van der Waals surface area contributed by atoms with Crippen LogP contribution < -0.4 is 20.9 Å². The highest BCUT2D eigenvalue weighted by molar-refractivity contribution is 5.56. The van der Waals surface area contributed by atoms with Gasteiger partial charge in [0.05, 0.1) is 26.0 Å². The zero-order valence-electron chi connectivity index (χ0n) is 13.1. The Bertz CT molecular complexity index is 640. The summed E-state index contributed by atoms with van der Waals surface area (Å²) in [7, 11) is 0. The molecule has 8 nitrogen and oxygen atoms in total. The lowest BCUT2D eigenvalue weighted by molar-refractivity contribution is 0.122. The third kappa shape index (κ3) is 4.11. The molecule has 3 rings (SSSR count). The van der Waals surface area contributed by atoms with Crippen molar-refractivity contribution in [2.45, 2.75) is 13.3 Å². The highest BCUT2D eigenvalue weighted by Crippen LogP contribution is 2.24. The minimum absolute atomic E-state index is 0.457. The molecule has 1 fully saturated rings. The van der Waals surface area contributed by atoms with Gasteiger partial charge in [0.1, 0.15) is 11.6 Å². The number of hydrogen-bond donors (Lipinski definition) is 2. The van der Waals surface area contributed by atoms with Gasteiger partial charge in [-0.25, -0.2) is 10.8 Å². The average Bonchev–Trinajstić information content (AvgIpc) is 3.00. The summed E-state index contributed by atoms with van der Waals surface area (Å²) in [5.41, 5.74) is 3.60. The van der Waals surface area contributed by atoms with Gasteiger partial charge in [-0.1, -0.05) is 0 Å². The average molecular weight is 319 g/mol. The van der Waals surface area contributed by atoms with E-state index < -0.39 is 0 Å². The second kappa shape index (κ2) is 7.30. The number of nitrogens with zero attached hydrogens (tertiary/aromatic N) is 3. The molecule has 0 aromatic carbocycles. The molecule has 0 spiro atoms. The predicted octanol–water partition coefficient (Wildman–Crippen LogP) is 1.12. The molecule has 0 unspecified atom stereocenters. The van der Waals surface area contributed by atoms with E-state index in [0.717, 1.165) is 37.8 Å². The lowest BCUT2D eigenvalue weighted by Crippen LogP contribution is -2.36. The molecule has 0 atom stereocenters. The lowest BCUT2D eigenvalue weighted by Gasteiger charge is -2.29. The van der Waals surface area contributed by atoms with Gasteiger partial charge in [-0.15, -0.1) is 0 Å². The van der Waals surface area contributed by atoms with Gasteiger partial charge in [0, 0.05) is 44.3 Å². The number of nitrogens with one attached hydrogen (secondary N) is 1. The van der Waals surface area contributed by atoms with E-state index in [9.17, 15) is 0 Å². The van der Waals surface area contributed by atoms with Crippen molar-refractivity contribution >= 4 is 11.5 Å². The maximum absolute atomic E-state index is 5.74. The zero-order valence-corrected chi connectivity index (χ0v) is 13.1. The van der Waals surface area contributed by atoms with E-state index in [1.807, 2.05) is 19.1 Å². The smallest absolute Gasteiger partial charge is 0.217 e. The number of anilines is 2. The van der Waals surface area contributed by atoms with Crippen LogP contribution in [-0.2, 0) is 11.2 Å². The van der Waals surface area contributed by atoms with Crippen molar-refractivity contribution < 1.29 is 13.9 Å². The van der Waals surface area contributed by atoms with E-state index in [0.29, 0.717) is 30.6 Å². The molecule has 1 aliphatic rings. The molecule has 0 bridgehead atoms. The molecule has 23 heavy (non-hydrogen) atoms. The number of aromatic nitrogens is 2. The van der Waals surface area contributed by atoms with Gasteiger partial charge in [0.15, 0.2) is 5.89 Å². The van der Waals surface area contributed by atoms with Gasteiger partial charge in [-0.05, 0) is 0 Å². The SMILES string of the molecule is Cc1ncc(CCOc2cc(N3CCOCC3)cc(NN)n2)o1. The first-order valence-corrected chi connectivity index (χ1v) is 7.60. The summed E-state index contributed by atoms with van der Waals surface area (Å²) in [5.74, 6) is 8.05. The minimum Gasteiger partial charge on any atom is -0.477 e. The summed E-state index contributed by atoms with van der Waals surface area (Å²) >= 11 is 0. The van der Waals surface area contributed by atoms with Crippen LogP contribution in [0.15, 0.2) is 22.7 Å². The number of morpholine rings is 1. The van der Waals surface area contributed by atoms with Gasteiger partial charge in [0.25, 0.3) is 0 Å². The number of nitrogen functional groups attached to an aromatic ring is 1. The van der Waals surface area contributed by atoms with Crippen LogP contribution in [0.4, 0.5) is 11.5 Å². The maximum Gasteiger partial charge on any atom is 0.217 e. The van der Waals surface area contributed by atoms with E-state index in [-0.39, 0.29) is 0 Å². The molecule has 8 heteroatoms. The predicted molar refractivity (Wildman–Crippen MR) is 85.5 cm³/mol. The Morgan fingerprint density at radius 2 is 2.17 bits per heavy atom. The highest BCUT2D eigenvalue weighted by Gasteiger charge is 2.14. The molecule has 0 radical (unpaired) electrons. The molecule has 2 aromatic rings. The summed E-state index contributed by atoms with van der Waals surface area (Å²) in [6.45, 7) is 5.38. The second-order valence-corrected chi connectivity index (χ2v) is 5.24. The molecule has 0 saturated carbocycles. The lowest BCUT2D eigenvalue weighted by atomic mass is 10.3. The van der Waals surface area contributed by atoms with E-state index in [1.54, 1.807) is 6.20 Å². The Kier molecular flexibility index (Phi) is 4.94. The van der Waals surface area contributed by atoms with Crippen molar-refractivity contribution in [3.63, 3.8) is 0 Å². The summed E-state index contributed by atoms with van der Waals surface area (Å²) in [4.78, 5) is 10.6. The Balaban J connectivity index is 1.65. The summed E-state index contributed by atoms with van der Waals surface area (Å²) in [6.07, 6.45) is 2.35. The van der Waals surface area contributed by atoms with Crippen molar-refractivity contribution in [3.8, 4) is 5.88 Å². The van der Waals surface area contributed by atoms with Crippen molar-refractivity contribution in [3.05, 3.63) is 30.0 Å². The molecule has 124 valence electrons. The van der Waals surface area contributed by atoms with Gasteiger partial charge >= 0.3 is 0 Å². The molecule has 0 aliphatic carbocycles. The highest BCUT2D eigenvalue weighted by atomic mass is 16.5. The van der Waals surface area contributed by atoms with E-state index in [2.05, 4.69) is 20.3 Å². The molecule has 3 N–H and O–H groups in total. The Hall–Kier alpha value is -2.32.